The van der Waals surface area contributed by atoms with Crippen LogP contribution in [0.25, 0.3) is 0 Å². The quantitative estimate of drug-likeness (QED) is 0.457. The highest BCUT2D eigenvalue weighted by Crippen LogP contribution is 2.30. The first-order valence-corrected chi connectivity index (χ1v) is 10.8. The highest BCUT2D eigenvalue weighted by Gasteiger charge is 2.29. The van der Waals surface area contributed by atoms with E-state index in [-0.39, 0.29) is 47.3 Å². The lowest BCUT2D eigenvalue weighted by molar-refractivity contribution is -0.383. The highest BCUT2D eigenvalue weighted by atomic mass is 32.2. The Morgan fingerprint density at radius 3 is 2.61 bits per heavy atom. The number of benzene rings is 2. The number of amides is 1. The second-order valence-electron chi connectivity index (χ2n) is 6.56. The summed E-state index contributed by atoms with van der Waals surface area (Å²) < 4.78 is 37.7. The standard InChI is InChI=1S/C19H22N4O7S/c1-29-17-7-6-14(12-18(17)31(27,28)22-8-10-30-11-9-22)21-19(24)13-20-15-4-2-3-5-16(15)23(25)26/h2-7,12,20H,8-11,13H2,1H3,(H,21,24). The summed E-state index contributed by atoms with van der Waals surface area (Å²) in [6.07, 6.45) is 0. The Morgan fingerprint density at radius 1 is 1.23 bits per heavy atom. The lowest BCUT2D eigenvalue weighted by Crippen LogP contribution is -2.40. The molecule has 12 heteroatoms. The average molecular weight is 450 g/mol. The normalized spacial score (nSPS) is 14.6. The number of hydrogen-bond donors (Lipinski definition) is 2. The van der Waals surface area contributed by atoms with Crippen LogP contribution in [0.2, 0.25) is 0 Å². The van der Waals surface area contributed by atoms with E-state index >= 15 is 0 Å². The van der Waals surface area contributed by atoms with Gasteiger partial charge < -0.3 is 20.1 Å². The number of carbonyl (C=O) groups excluding carboxylic acids is 1. The van der Waals surface area contributed by atoms with Gasteiger partial charge in [-0.05, 0) is 24.3 Å². The highest BCUT2D eigenvalue weighted by molar-refractivity contribution is 7.89. The zero-order chi connectivity index (χ0) is 22.4. The summed E-state index contributed by atoms with van der Waals surface area (Å²) >= 11 is 0. The summed E-state index contributed by atoms with van der Waals surface area (Å²) in [6.45, 7) is 0.802. The topological polar surface area (TPSA) is 140 Å². The maximum absolute atomic E-state index is 13.0. The van der Waals surface area contributed by atoms with E-state index in [2.05, 4.69) is 10.6 Å². The molecular weight excluding hydrogens is 428 g/mol. The molecule has 0 aliphatic carbocycles. The van der Waals surface area contributed by atoms with Crippen LogP contribution in [0.15, 0.2) is 47.4 Å². The minimum Gasteiger partial charge on any atom is -0.495 e. The van der Waals surface area contributed by atoms with Gasteiger partial charge in [0.2, 0.25) is 15.9 Å². The van der Waals surface area contributed by atoms with Crippen LogP contribution in [0.1, 0.15) is 0 Å². The fraction of sp³-hybridized carbons (Fsp3) is 0.316. The molecule has 166 valence electrons. The van der Waals surface area contributed by atoms with Crippen LogP contribution in [0.5, 0.6) is 5.75 Å². The van der Waals surface area contributed by atoms with E-state index in [1.807, 2.05) is 0 Å². The predicted molar refractivity (Wildman–Crippen MR) is 113 cm³/mol. The van der Waals surface area contributed by atoms with E-state index in [9.17, 15) is 23.3 Å². The second-order valence-corrected chi connectivity index (χ2v) is 8.46. The van der Waals surface area contributed by atoms with E-state index in [0.29, 0.717) is 13.2 Å². The van der Waals surface area contributed by atoms with Crippen molar-refractivity contribution < 1.29 is 27.6 Å². The van der Waals surface area contributed by atoms with Gasteiger partial charge >= 0.3 is 0 Å². The van der Waals surface area contributed by atoms with Gasteiger partial charge in [-0.1, -0.05) is 12.1 Å². The van der Waals surface area contributed by atoms with Crippen molar-refractivity contribution in [2.75, 3.05) is 50.6 Å². The Balaban J connectivity index is 1.74. The van der Waals surface area contributed by atoms with E-state index in [4.69, 9.17) is 9.47 Å². The number of methoxy groups -OCH3 is 1. The number of sulfonamides is 1. The third-order valence-corrected chi connectivity index (χ3v) is 6.50. The Morgan fingerprint density at radius 2 is 1.94 bits per heavy atom. The Bertz CT molecular complexity index is 1070. The van der Waals surface area contributed by atoms with E-state index in [1.165, 1.54) is 47.8 Å². The lowest BCUT2D eigenvalue weighted by atomic mass is 10.2. The summed E-state index contributed by atoms with van der Waals surface area (Å²) in [6, 6.07) is 10.2. The number of rotatable bonds is 8. The second kappa shape index (κ2) is 9.73. The molecule has 2 N–H and O–H groups in total. The number of carbonyl (C=O) groups is 1. The van der Waals surface area contributed by atoms with Gasteiger partial charge in [0.1, 0.15) is 16.3 Å². The summed E-state index contributed by atoms with van der Waals surface area (Å²) in [5.41, 5.74) is 0.300. The molecule has 1 amide bonds. The summed E-state index contributed by atoms with van der Waals surface area (Å²) in [7, 11) is -2.48. The summed E-state index contributed by atoms with van der Waals surface area (Å²) in [4.78, 5) is 22.8. The number of para-hydroxylation sites is 2. The molecule has 0 spiro atoms. The van der Waals surface area contributed by atoms with Crippen molar-refractivity contribution in [2.24, 2.45) is 0 Å². The van der Waals surface area contributed by atoms with E-state index in [1.54, 1.807) is 6.07 Å². The van der Waals surface area contributed by atoms with Crippen molar-refractivity contribution in [3.8, 4) is 5.75 Å². The smallest absolute Gasteiger partial charge is 0.292 e. The minimum atomic E-state index is -3.85. The molecule has 2 aromatic rings. The number of anilines is 2. The molecule has 0 aromatic heterocycles. The lowest BCUT2D eigenvalue weighted by Gasteiger charge is -2.26. The van der Waals surface area contributed by atoms with Crippen LogP contribution in [0.3, 0.4) is 0 Å². The number of nitrogens with one attached hydrogen (secondary N) is 2. The monoisotopic (exact) mass is 450 g/mol. The van der Waals surface area contributed by atoms with Crippen molar-refractivity contribution in [1.82, 2.24) is 4.31 Å². The third kappa shape index (κ3) is 5.29. The van der Waals surface area contributed by atoms with E-state index < -0.39 is 20.9 Å². The van der Waals surface area contributed by atoms with Gasteiger partial charge in [0.25, 0.3) is 5.69 Å². The molecule has 2 aromatic carbocycles. The number of morpholine rings is 1. The van der Waals surface area contributed by atoms with Crippen LogP contribution in [0, 0.1) is 10.1 Å². The maximum atomic E-state index is 13.0. The molecule has 0 unspecified atom stereocenters. The van der Waals surface area contributed by atoms with Crippen molar-refractivity contribution in [1.29, 1.82) is 0 Å². The molecule has 11 nitrogen and oxygen atoms in total. The molecule has 0 radical (unpaired) electrons. The van der Waals surface area contributed by atoms with Crippen LogP contribution in [0.4, 0.5) is 17.1 Å². The van der Waals surface area contributed by atoms with Gasteiger partial charge in [0, 0.05) is 24.8 Å². The molecule has 0 atom stereocenters. The molecular formula is C19H22N4O7S. The van der Waals surface area contributed by atoms with Crippen molar-refractivity contribution in [3.05, 3.63) is 52.6 Å². The SMILES string of the molecule is COc1ccc(NC(=O)CNc2ccccc2[N+](=O)[O-])cc1S(=O)(=O)N1CCOCC1. The van der Waals surface area contributed by atoms with Crippen molar-refractivity contribution in [2.45, 2.75) is 4.90 Å². The first-order chi connectivity index (χ1) is 14.8. The molecule has 31 heavy (non-hydrogen) atoms. The average Bonchev–Trinajstić information content (AvgIpc) is 2.78. The van der Waals surface area contributed by atoms with Crippen molar-refractivity contribution >= 4 is 33.0 Å². The number of nitro groups is 1. The Labute approximate surface area is 179 Å². The molecule has 1 aliphatic heterocycles. The summed E-state index contributed by atoms with van der Waals surface area (Å²) in [5, 5.41) is 16.4. The molecule has 1 aliphatic rings. The maximum Gasteiger partial charge on any atom is 0.292 e. The van der Waals surface area contributed by atoms with Crippen molar-refractivity contribution in [3.63, 3.8) is 0 Å². The third-order valence-electron chi connectivity index (χ3n) is 4.58. The number of nitro benzene ring substituents is 1. The predicted octanol–water partition coefficient (Wildman–Crippen LogP) is 1.67. The number of ether oxygens (including phenoxy) is 2. The van der Waals surface area contributed by atoms with Crippen LogP contribution >= 0.6 is 0 Å². The fourth-order valence-electron chi connectivity index (χ4n) is 3.05. The van der Waals surface area contributed by atoms with Gasteiger partial charge in [-0.2, -0.15) is 4.31 Å². The molecule has 1 heterocycles. The largest absolute Gasteiger partial charge is 0.495 e. The zero-order valence-corrected chi connectivity index (χ0v) is 17.6. The summed E-state index contributed by atoms with van der Waals surface area (Å²) in [5.74, 6) is -0.347. The first kappa shape index (κ1) is 22.5. The zero-order valence-electron chi connectivity index (χ0n) is 16.7. The molecule has 0 bridgehead atoms. The van der Waals surface area contributed by atoms with Gasteiger partial charge in [0.05, 0.1) is 31.8 Å². The van der Waals surface area contributed by atoms with Crippen LogP contribution in [-0.2, 0) is 19.6 Å². The molecule has 3 rings (SSSR count). The Hall–Kier alpha value is -3.22. The van der Waals surface area contributed by atoms with Crippen LogP contribution < -0.4 is 15.4 Å². The molecule has 1 fully saturated rings. The fourth-order valence-corrected chi connectivity index (χ4v) is 4.63. The molecule has 0 saturated carbocycles. The minimum absolute atomic E-state index is 0.0682. The van der Waals surface area contributed by atoms with E-state index in [0.717, 1.165) is 0 Å². The van der Waals surface area contributed by atoms with Gasteiger partial charge in [0.15, 0.2) is 0 Å². The number of hydrogen-bond acceptors (Lipinski definition) is 8. The molecule has 1 saturated heterocycles. The van der Waals surface area contributed by atoms with Gasteiger partial charge in [-0.3, -0.25) is 14.9 Å². The number of nitrogens with zero attached hydrogens (tertiary/aromatic N) is 2. The van der Waals surface area contributed by atoms with Crippen LogP contribution in [-0.4, -0.2) is 63.5 Å². The van der Waals surface area contributed by atoms with Gasteiger partial charge in [-0.15, -0.1) is 0 Å². The van der Waals surface area contributed by atoms with Gasteiger partial charge in [-0.25, -0.2) is 8.42 Å². The first-order valence-electron chi connectivity index (χ1n) is 9.36. The Kier molecular flexibility index (Phi) is 7.05.